The van der Waals surface area contributed by atoms with Gasteiger partial charge in [-0.05, 0) is 42.0 Å². The van der Waals surface area contributed by atoms with Gasteiger partial charge in [-0.3, -0.25) is 4.98 Å². The van der Waals surface area contributed by atoms with Crippen molar-refractivity contribution < 1.29 is 0 Å². The Morgan fingerprint density at radius 1 is 0.941 bits per heavy atom. The zero-order valence-electron chi connectivity index (χ0n) is 11.4. The average molecular weight is 227 g/mol. The van der Waals surface area contributed by atoms with Crippen molar-refractivity contribution in [1.82, 2.24) is 4.98 Å². The van der Waals surface area contributed by atoms with Crippen LogP contribution in [0.15, 0.2) is 24.3 Å². The van der Waals surface area contributed by atoms with Gasteiger partial charge in [0.1, 0.15) is 0 Å². The quantitative estimate of drug-likeness (QED) is 0.718. The van der Waals surface area contributed by atoms with E-state index in [-0.39, 0.29) is 0 Å². The molecule has 2 aromatic rings. The van der Waals surface area contributed by atoms with Gasteiger partial charge in [-0.2, -0.15) is 0 Å². The second-order valence-electron chi connectivity index (χ2n) is 5.44. The molecule has 0 saturated carbocycles. The molecule has 0 aliphatic heterocycles. The van der Waals surface area contributed by atoms with E-state index in [0.717, 1.165) is 5.69 Å². The molecule has 0 fully saturated rings. The highest BCUT2D eigenvalue weighted by atomic mass is 14.7. The number of rotatable bonds is 2. The first-order valence-electron chi connectivity index (χ1n) is 6.40. The standard InChI is InChI=1S/C16H21N/c1-10(2)14-8-13-7-6-12(5)17-16(13)15(9-14)11(3)4/h6-11H,1-5H3. The van der Waals surface area contributed by atoms with Crippen LogP contribution in [0.5, 0.6) is 0 Å². The van der Waals surface area contributed by atoms with E-state index in [2.05, 4.69) is 58.9 Å². The average Bonchev–Trinajstić information content (AvgIpc) is 2.27. The van der Waals surface area contributed by atoms with Crippen LogP contribution in [-0.4, -0.2) is 4.98 Å². The number of benzene rings is 1. The van der Waals surface area contributed by atoms with Crippen LogP contribution in [0.1, 0.15) is 56.4 Å². The Labute approximate surface area is 104 Å². The predicted octanol–water partition coefficient (Wildman–Crippen LogP) is 4.79. The van der Waals surface area contributed by atoms with E-state index in [1.807, 2.05) is 0 Å². The van der Waals surface area contributed by atoms with E-state index in [4.69, 9.17) is 4.98 Å². The van der Waals surface area contributed by atoms with Gasteiger partial charge < -0.3 is 0 Å². The lowest BCUT2D eigenvalue weighted by Gasteiger charge is -2.14. The Bertz CT molecular complexity index is 538. The highest BCUT2D eigenvalue weighted by Crippen LogP contribution is 2.29. The molecular weight excluding hydrogens is 206 g/mol. The van der Waals surface area contributed by atoms with E-state index in [0.29, 0.717) is 11.8 Å². The summed E-state index contributed by atoms with van der Waals surface area (Å²) >= 11 is 0. The molecule has 0 atom stereocenters. The van der Waals surface area contributed by atoms with Crippen LogP contribution in [0.4, 0.5) is 0 Å². The van der Waals surface area contributed by atoms with Gasteiger partial charge in [0.2, 0.25) is 0 Å². The van der Waals surface area contributed by atoms with Crippen LogP contribution < -0.4 is 0 Å². The number of hydrogen-bond acceptors (Lipinski definition) is 1. The second-order valence-corrected chi connectivity index (χ2v) is 5.44. The van der Waals surface area contributed by atoms with Gasteiger partial charge in [0.25, 0.3) is 0 Å². The Morgan fingerprint density at radius 3 is 2.24 bits per heavy atom. The van der Waals surface area contributed by atoms with Crippen molar-refractivity contribution in [1.29, 1.82) is 0 Å². The topological polar surface area (TPSA) is 12.9 Å². The fraction of sp³-hybridized carbons (Fsp3) is 0.438. The van der Waals surface area contributed by atoms with E-state index in [9.17, 15) is 0 Å². The van der Waals surface area contributed by atoms with Crippen LogP contribution in [0.2, 0.25) is 0 Å². The SMILES string of the molecule is Cc1ccc2cc(C(C)C)cc(C(C)C)c2n1. The number of fused-ring (bicyclic) bond motifs is 1. The van der Waals surface area contributed by atoms with E-state index in [1.54, 1.807) is 0 Å². The molecule has 0 radical (unpaired) electrons. The first-order chi connectivity index (χ1) is 7.99. The number of hydrogen-bond donors (Lipinski definition) is 0. The van der Waals surface area contributed by atoms with Gasteiger partial charge in [0.15, 0.2) is 0 Å². The predicted molar refractivity (Wildman–Crippen MR) is 74.7 cm³/mol. The van der Waals surface area contributed by atoms with Crippen LogP contribution in [-0.2, 0) is 0 Å². The minimum Gasteiger partial charge on any atom is -0.253 e. The lowest BCUT2D eigenvalue weighted by Crippen LogP contribution is -1.97. The molecule has 0 aliphatic rings. The van der Waals surface area contributed by atoms with Gasteiger partial charge in [-0.1, -0.05) is 39.8 Å². The number of nitrogens with zero attached hydrogens (tertiary/aromatic N) is 1. The molecule has 17 heavy (non-hydrogen) atoms. The molecule has 90 valence electrons. The minimum absolute atomic E-state index is 0.519. The molecule has 1 aromatic heterocycles. The summed E-state index contributed by atoms with van der Waals surface area (Å²) in [6.07, 6.45) is 0. The summed E-state index contributed by atoms with van der Waals surface area (Å²) in [6, 6.07) is 8.88. The maximum atomic E-state index is 4.70. The Balaban J connectivity index is 2.76. The lowest BCUT2D eigenvalue weighted by molar-refractivity contribution is 0.839. The molecule has 0 spiro atoms. The monoisotopic (exact) mass is 227 g/mol. The van der Waals surface area contributed by atoms with Crippen molar-refractivity contribution in [2.75, 3.05) is 0 Å². The Kier molecular flexibility index (Phi) is 3.19. The van der Waals surface area contributed by atoms with Crippen molar-refractivity contribution >= 4 is 10.9 Å². The summed E-state index contributed by atoms with van der Waals surface area (Å²) in [6.45, 7) is 11.0. The Hall–Kier alpha value is -1.37. The highest BCUT2D eigenvalue weighted by molar-refractivity contribution is 5.83. The molecule has 0 saturated heterocycles. The molecular formula is C16H21N. The zero-order chi connectivity index (χ0) is 12.6. The molecule has 0 aliphatic carbocycles. The van der Waals surface area contributed by atoms with Gasteiger partial charge in [-0.25, -0.2) is 0 Å². The third-order valence-electron chi connectivity index (χ3n) is 3.27. The third-order valence-corrected chi connectivity index (χ3v) is 3.27. The van der Waals surface area contributed by atoms with Crippen molar-refractivity contribution in [2.45, 2.75) is 46.5 Å². The summed E-state index contributed by atoms with van der Waals surface area (Å²) in [7, 11) is 0. The van der Waals surface area contributed by atoms with Crippen LogP contribution >= 0.6 is 0 Å². The largest absolute Gasteiger partial charge is 0.253 e. The maximum Gasteiger partial charge on any atom is 0.0739 e. The lowest BCUT2D eigenvalue weighted by atomic mass is 9.92. The fourth-order valence-corrected chi connectivity index (χ4v) is 2.16. The zero-order valence-corrected chi connectivity index (χ0v) is 11.4. The summed E-state index contributed by atoms with van der Waals surface area (Å²) in [4.78, 5) is 4.70. The van der Waals surface area contributed by atoms with Crippen LogP contribution in [0.25, 0.3) is 10.9 Å². The third kappa shape index (κ3) is 2.33. The highest BCUT2D eigenvalue weighted by Gasteiger charge is 2.10. The summed E-state index contributed by atoms with van der Waals surface area (Å²) in [5.74, 6) is 1.09. The molecule has 0 unspecified atom stereocenters. The second kappa shape index (κ2) is 4.48. The van der Waals surface area contributed by atoms with Crippen molar-refractivity contribution in [2.24, 2.45) is 0 Å². The summed E-state index contributed by atoms with van der Waals surface area (Å²) in [5, 5.41) is 1.27. The number of aromatic nitrogens is 1. The van der Waals surface area contributed by atoms with Gasteiger partial charge >= 0.3 is 0 Å². The summed E-state index contributed by atoms with van der Waals surface area (Å²) in [5.41, 5.74) is 5.04. The molecule has 1 nitrogen and oxygen atoms in total. The molecule has 2 rings (SSSR count). The Morgan fingerprint density at radius 2 is 1.65 bits per heavy atom. The number of aryl methyl sites for hydroxylation is 1. The first-order valence-corrected chi connectivity index (χ1v) is 6.40. The van der Waals surface area contributed by atoms with Crippen molar-refractivity contribution in [3.05, 3.63) is 41.1 Å². The molecule has 1 aromatic carbocycles. The smallest absolute Gasteiger partial charge is 0.0739 e. The molecule has 1 heteroatoms. The van der Waals surface area contributed by atoms with Crippen molar-refractivity contribution in [3.63, 3.8) is 0 Å². The minimum atomic E-state index is 0.519. The number of pyridine rings is 1. The summed E-state index contributed by atoms with van der Waals surface area (Å²) < 4.78 is 0. The van der Waals surface area contributed by atoms with E-state index >= 15 is 0 Å². The normalized spacial score (nSPS) is 11.7. The van der Waals surface area contributed by atoms with Crippen molar-refractivity contribution in [3.8, 4) is 0 Å². The van der Waals surface area contributed by atoms with Crippen LogP contribution in [0, 0.1) is 6.92 Å². The van der Waals surface area contributed by atoms with E-state index < -0.39 is 0 Å². The van der Waals surface area contributed by atoms with Gasteiger partial charge in [-0.15, -0.1) is 0 Å². The molecule has 0 N–H and O–H groups in total. The van der Waals surface area contributed by atoms with Gasteiger partial charge in [0.05, 0.1) is 5.52 Å². The van der Waals surface area contributed by atoms with Gasteiger partial charge in [0, 0.05) is 11.1 Å². The van der Waals surface area contributed by atoms with E-state index in [1.165, 1.54) is 22.0 Å². The molecule has 1 heterocycles. The molecule has 0 bridgehead atoms. The van der Waals surface area contributed by atoms with Crippen LogP contribution in [0.3, 0.4) is 0 Å². The molecule has 0 amide bonds. The fourth-order valence-electron chi connectivity index (χ4n) is 2.16. The first kappa shape index (κ1) is 12.1. The maximum absolute atomic E-state index is 4.70.